The first-order chi connectivity index (χ1) is 17.9. The zero-order valence-corrected chi connectivity index (χ0v) is 21.9. The molecule has 1 aliphatic rings. The van der Waals surface area contributed by atoms with Crippen molar-refractivity contribution in [3.05, 3.63) is 66.2 Å². The van der Waals surface area contributed by atoms with Crippen LogP contribution in [-0.2, 0) is 22.7 Å². The molecule has 2 atom stereocenters. The van der Waals surface area contributed by atoms with Crippen molar-refractivity contribution in [2.24, 2.45) is 5.92 Å². The number of carbonyl (C=O) groups excluding carboxylic acids is 2. The van der Waals surface area contributed by atoms with Crippen molar-refractivity contribution in [1.29, 1.82) is 0 Å². The van der Waals surface area contributed by atoms with Crippen LogP contribution in [-0.4, -0.2) is 55.6 Å². The monoisotopic (exact) mass is 503 g/mol. The lowest BCUT2D eigenvalue weighted by atomic mass is 10.0. The van der Waals surface area contributed by atoms with Crippen LogP contribution in [0.5, 0.6) is 0 Å². The topological polar surface area (TPSA) is 105 Å². The van der Waals surface area contributed by atoms with Gasteiger partial charge in [0.05, 0.1) is 12.6 Å². The summed E-state index contributed by atoms with van der Waals surface area (Å²) in [5, 5.41) is 10.9. The Morgan fingerprint density at radius 1 is 1.03 bits per heavy atom. The highest BCUT2D eigenvalue weighted by atomic mass is 16.2. The molecule has 4 rings (SSSR count). The Hall–Kier alpha value is -3.59. The minimum absolute atomic E-state index is 0.0960. The van der Waals surface area contributed by atoms with Crippen LogP contribution >= 0.6 is 0 Å². The minimum atomic E-state index is -0.589. The van der Waals surface area contributed by atoms with Crippen LogP contribution in [0.25, 0.3) is 11.4 Å². The van der Waals surface area contributed by atoms with Gasteiger partial charge in [-0.15, -0.1) is 0 Å². The van der Waals surface area contributed by atoms with Gasteiger partial charge in [-0.3, -0.25) is 19.5 Å². The quantitative estimate of drug-likeness (QED) is 0.553. The summed E-state index contributed by atoms with van der Waals surface area (Å²) in [7, 11) is 0. The van der Waals surface area contributed by atoms with Crippen molar-refractivity contribution in [2.45, 2.75) is 65.2 Å². The number of hydrogen-bond acceptors (Lipinski definition) is 6. The first kappa shape index (κ1) is 26.5. The molecule has 3 aromatic rings. The van der Waals surface area contributed by atoms with E-state index in [-0.39, 0.29) is 23.8 Å². The van der Waals surface area contributed by atoms with Gasteiger partial charge in [0.15, 0.2) is 5.82 Å². The largest absolute Gasteiger partial charge is 0.345 e. The summed E-state index contributed by atoms with van der Waals surface area (Å²) in [6.45, 7) is 8.82. The average molecular weight is 504 g/mol. The Kier molecular flexibility index (Phi) is 9.00. The van der Waals surface area contributed by atoms with Gasteiger partial charge in [0.2, 0.25) is 11.8 Å². The molecule has 0 bridgehead atoms. The van der Waals surface area contributed by atoms with E-state index in [1.165, 1.54) is 0 Å². The standard InChI is InChI=1S/C28H37N7O2/c1-20(2)17-24-28(37)30-21(3)27-32-26(23-10-5-4-6-11-23)33-35(27)16-15-34(14-8-12-25(36)31-24)19-22-9-7-13-29-18-22/h4-7,9-11,13,18,20-21,24H,8,12,14-17,19H2,1-3H3,(H,30,37)(H,31,36)/t21-,24-/m1/s1. The predicted octanol–water partition coefficient (Wildman–Crippen LogP) is 3.34. The second kappa shape index (κ2) is 12.6. The number of amides is 2. The van der Waals surface area contributed by atoms with Crippen molar-refractivity contribution >= 4 is 11.8 Å². The molecule has 2 aromatic heterocycles. The predicted molar refractivity (Wildman–Crippen MR) is 142 cm³/mol. The third-order valence-corrected chi connectivity index (χ3v) is 6.47. The third kappa shape index (κ3) is 7.45. The maximum absolute atomic E-state index is 13.2. The molecule has 0 fully saturated rings. The van der Waals surface area contributed by atoms with Crippen molar-refractivity contribution in [2.75, 3.05) is 13.1 Å². The van der Waals surface area contributed by atoms with Crippen LogP contribution < -0.4 is 10.6 Å². The lowest BCUT2D eigenvalue weighted by Crippen LogP contribution is -2.48. The van der Waals surface area contributed by atoms with Crippen molar-refractivity contribution in [3.8, 4) is 11.4 Å². The molecule has 37 heavy (non-hydrogen) atoms. The fraction of sp³-hybridized carbons (Fsp3) is 0.464. The SMILES string of the molecule is CC(C)C[C@H]1NC(=O)CCCN(Cc2cccnc2)CCn2nc(-c3ccccc3)nc2[C@@H](C)NC1=O. The molecule has 3 heterocycles. The summed E-state index contributed by atoms with van der Waals surface area (Å²) in [6, 6.07) is 12.9. The maximum Gasteiger partial charge on any atom is 0.243 e. The van der Waals surface area contributed by atoms with Gasteiger partial charge in [-0.1, -0.05) is 50.2 Å². The lowest BCUT2D eigenvalue weighted by Gasteiger charge is -2.25. The van der Waals surface area contributed by atoms with Crippen LogP contribution in [0.15, 0.2) is 54.9 Å². The van der Waals surface area contributed by atoms with E-state index < -0.39 is 6.04 Å². The molecule has 0 spiro atoms. The highest BCUT2D eigenvalue weighted by Crippen LogP contribution is 2.20. The summed E-state index contributed by atoms with van der Waals surface area (Å²) in [4.78, 5) is 37.4. The van der Waals surface area contributed by atoms with Gasteiger partial charge in [-0.2, -0.15) is 5.10 Å². The van der Waals surface area contributed by atoms with Gasteiger partial charge >= 0.3 is 0 Å². The molecule has 0 aliphatic carbocycles. The maximum atomic E-state index is 13.2. The van der Waals surface area contributed by atoms with Crippen LogP contribution in [0.2, 0.25) is 0 Å². The second-order valence-corrected chi connectivity index (χ2v) is 10.1. The van der Waals surface area contributed by atoms with Crippen LogP contribution in [0.1, 0.15) is 57.5 Å². The van der Waals surface area contributed by atoms with Crippen molar-refractivity contribution in [3.63, 3.8) is 0 Å². The van der Waals surface area contributed by atoms with Crippen LogP contribution in [0.3, 0.4) is 0 Å². The number of rotatable bonds is 5. The normalized spacial score (nSPS) is 20.1. The molecule has 0 radical (unpaired) electrons. The zero-order valence-electron chi connectivity index (χ0n) is 21.9. The molecule has 9 nitrogen and oxygen atoms in total. The van der Waals surface area contributed by atoms with Crippen LogP contribution in [0, 0.1) is 5.92 Å². The number of pyridine rings is 1. The molecule has 0 saturated heterocycles. The van der Waals surface area contributed by atoms with E-state index >= 15 is 0 Å². The van der Waals surface area contributed by atoms with Gasteiger partial charge < -0.3 is 10.6 Å². The Morgan fingerprint density at radius 2 is 1.84 bits per heavy atom. The van der Waals surface area contributed by atoms with E-state index in [1.807, 2.05) is 68.0 Å². The highest BCUT2D eigenvalue weighted by molar-refractivity contribution is 5.87. The zero-order chi connectivity index (χ0) is 26.2. The molecule has 1 aliphatic heterocycles. The fourth-order valence-corrected chi connectivity index (χ4v) is 4.62. The summed E-state index contributed by atoms with van der Waals surface area (Å²) in [5.74, 6) is 1.29. The van der Waals surface area contributed by atoms with Crippen molar-refractivity contribution in [1.82, 2.24) is 35.3 Å². The molecule has 0 saturated carbocycles. The number of nitrogens with one attached hydrogen (secondary N) is 2. The van der Waals surface area contributed by atoms with Crippen LogP contribution in [0.4, 0.5) is 0 Å². The van der Waals surface area contributed by atoms with Crippen molar-refractivity contribution < 1.29 is 9.59 Å². The summed E-state index contributed by atoms with van der Waals surface area (Å²) in [6.07, 6.45) is 5.28. The highest BCUT2D eigenvalue weighted by Gasteiger charge is 2.26. The second-order valence-electron chi connectivity index (χ2n) is 10.1. The average Bonchev–Trinajstić information content (AvgIpc) is 3.32. The van der Waals surface area contributed by atoms with Gasteiger partial charge in [0, 0.05) is 37.5 Å². The first-order valence-corrected chi connectivity index (χ1v) is 13.1. The molecule has 1 aromatic carbocycles. The molecule has 0 unspecified atom stereocenters. The van der Waals surface area contributed by atoms with Gasteiger partial charge in [-0.25, -0.2) is 9.67 Å². The first-order valence-electron chi connectivity index (χ1n) is 13.1. The third-order valence-electron chi connectivity index (χ3n) is 6.47. The van der Waals surface area contributed by atoms with E-state index in [9.17, 15) is 9.59 Å². The van der Waals surface area contributed by atoms with E-state index in [1.54, 1.807) is 6.20 Å². The molecular formula is C28H37N7O2. The summed E-state index contributed by atoms with van der Waals surface area (Å²) in [5.41, 5.74) is 2.05. The van der Waals surface area contributed by atoms with Gasteiger partial charge in [0.1, 0.15) is 11.9 Å². The number of aromatic nitrogens is 4. The molecule has 196 valence electrons. The Morgan fingerprint density at radius 3 is 2.57 bits per heavy atom. The van der Waals surface area contributed by atoms with E-state index in [4.69, 9.17) is 10.1 Å². The summed E-state index contributed by atoms with van der Waals surface area (Å²) >= 11 is 0. The van der Waals surface area contributed by atoms with E-state index in [2.05, 4.69) is 26.6 Å². The smallest absolute Gasteiger partial charge is 0.243 e. The molecular weight excluding hydrogens is 466 g/mol. The number of carbonyl (C=O) groups is 2. The molecule has 2 N–H and O–H groups in total. The fourth-order valence-electron chi connectivity index (χ4n) is 4.62. The Bertz CT molecular complexity index is 1160. The van der Waals surface area contributed by atoms with E-state index in [0.717, 1.165) is 30.8 Å². The minimum Gasteiger partial charge on any atom is -0.345 e. The lowest BCUT2D eigenvalue weighted by molar-refractivity contribution is -0.130. The molecule has 9 heteroatoms. The van der Waals surface area contributed by atoms with Gasteiger partial charge in [-0.05, 0) is 43.9 Å². The number of fused-ring (bicyclic) bond motifs is 1. The molecule has 2 amide bonds. The Balaban J connectivity index is 1.64. The number of nitrogens with zero attached hydrogens (tertiary/aromatic N) is 5. The summed E-state index contributed by atoms with van der Waals surface area (Å²) < 4.78 is 1.91. The van der Waals surface area contributed by atoms with E-state index in [0.29, 0.717) is 37.5 Å². The van der Waals surface area contributed by atoms with Gasteiger partial charge in [0.25, 0.3) is 0 Å². The number of benzene rings is 1. The Labute approximate surface area is 218 Å². The number of hydrogen-bond donors (Lipinski definition) is 2.